The van der Waals surface area contributed by atoms with Crippen LogP contribution in [0.2, 0.25) is 5.02 Å². The lowest BCUT2D eigenvalue weighted by molar-refractivity contribution is -0.136. The zero-order valence-electron chi connectivity index (χ0n) is 13.5. The van der Waals surface area contributed by atoms with Crippen molar-refractivity contribution >= 4 is 29.9 Å². The SMILES string of the molecule is COCC1(C(=O)NCc2ccc(Cl)cc2OC)CCNCC1.Cl. The quantitative estimate of drug-likeness (QED) is 0.815. The maximum Gasteiger partial charge on any atom is 0.228 e. The molecule has 1 amide bonds. The van der Waals surface area contributed by atoms with Gasteiger partial charge in [-0.2, -0.15) is 0 Å². The molecule has 0 atom stereocenters. The van der Waals surface area contributed by atoms with Gasteiger partial charge in [-0.25, -0.2) is 0 Å². The minimum Gasteiger partial charge on any atom is -0.496 e. The third kappa shape index (κ3) is 4.98. The minimum atomic E-state index is -0.445. The van der Waals surface area contributed by atoms with E-state index in [0.717, 1.165) is 31.5 Å². The molecule has 2 rings (SSSR count). The van der Waals surface area contributed by atoms with E-state index in [0.29, 0.717) is 23.9 Å². The molecule has 1 aromatic rings. The van der Waals surface area contributed by atoms with Crippen molar-refractivity contribution in [1.82, 2.24) is 10.6 Å². The number of carbonyl (C=O) groups excluding carboxylic acids is 1. The maximum atomic E-state index is 12.7. The van der Waals surface area contributed by atoms with Gasteiger partial charge in [0.15, 0.2) is 0 Å². The molecular weight excluding hydrogens is 339 g/mol. The number of carbonyl (C=O) groups is 1. The first-order valence-corrected chi connectivity index (χ1v) is 7.79. The summed E-state index contributed by atoms with van der Waals surface area (Å²) in [5.41, 5.74) is 0.460. The number of ether oxygens (including phenoxy) is 2. The summed E-state index contributed by atoms with van der Waals surface area (Å²) in [6.07, 6.45) is 1.56. The third-order valence-corrected chi connectivity index (χ3v) is 4.39. The van der Waals surface area contributed by atoms with E-state index in [9.17, 15) is 4.79 Å². The van der Waals surface area contributed by atoms with Crippen molar-refractivity contribution in [2.45, 2.75) is 19.4 Å². The van der Waals surface area contributed by atoms with Crippen LogP contribution in [0.4, 0.5) is 0 Å². The second-order valence-electron chi connectivity index (χ2n) is 5.60. The normalized spacial score (nSPS) is 16.3. The van der Waals surface area contributed by atoms with Crippen molar-refractivity contribution in [2.75, 3.05) is 33.9 Å². The van der Waals surface area contributed by atoms with Crippen molar-refractivity contribution < 1.29 is 14.3 Å². The molecule has 7 heteroatoms. The highest BCUT2D eigenvalue weighted by molar-refractivity contribution is 6.30. The molecule has 0 radical (unpaired) electrons. The Kier molecular flexibility index (Phi) is 8.12. The van der Waals surface area contributed by atoms with Crippen molar-refractivity contribution in [1.29, 1.82) is 0 Å². The molecular formula is C16H24Cl2N2O3. The lowest BCUT2D eigenvalue weighted by atomic mass is 9.78. The van der Waals surface area contributed by atoms with E-state index >= 15 is 0 Å². The smallest absolute Gasteiger partial charge is 0.228 e. The van der Waals surface area contributed by atoms with Gasteiger partial charge < -0.3 is 20.1 Å². The predicted octanol–water partition coefficient (Wildman–Crippen LogP) is 2.40. The zero-order valence-corrected chi connectivity index (χ0v) is 15.1. The molecule has 1 aliphatic heterocycles. The number of hydrogen-bond acceptors (Lipinski definition) is 4. The summed E-state index contributed by atoms with van der Waals surface area (Å²) in [4.78, 5) is 12.7. The molecule has 0 bridgehead atoms. The van der Waals surface area contributed by atoms with Gasteiger partial charge in [0.2, 0.25) is 5.91 Å². The summed E-state index contributed by atoms with van der Waals surface area (Å²) in [6, 6.07) is 5.41. The Morgan fingerprint density at radius 2 is 2.04 bits per heavy atom. The molecule has 0 unspecified atom stereocenters. The Labute approximate surface area is 148 Å². The van der Waals surface area contributed by atoms with Crippen molar-refractivity contribution in [3.63, 3.8) is 0 Å². The van der Waals surface area contributed by atoms with Crippen LogP contribution in [0.5, 0.6) is 5.75 Å². The average Bonchev–Trinajstić information content (AvgIpc) is 2.54. The van der Waals surface area contributed by atoms with Crippen LogP contribution < -0.4 is 15.4 Å². The standard InChI is InChI=1S/C16H23ClN2O3.ClH/c1-21-11-16(5-7-18-8-6-16)15(20)19-10-12-3-4-13(17)9-14(12)22-2;/h3-4,9,18H,5-8,10-11H2,1-2H3,(H,19,20);1H. The fraction of sp³-hybridized carbons (Fsp3) is 0.562. The first-order valence-electron chi connectivity index (χ1n) is 7.42. The summed E-state index contributed by atoms with van der Waals surface area (Å²) >= 11 is 5.95. The van der Waals surface area contributed by atoms with Crippen molar-refractivity contribution in [2.24, 2.45) is 5.41 Å². The van der Waals surface area contributed by atoms with Gasteiger partial charge in [-0.1, -0.05) is 17.7 Å². The van der Waals surface area contributed by atoms with E-state index in [2.05, 4.69) is 10.6 Å². The number of amides is 1. The zero-order chi connectivity index (χ0) is 16.0. The van der Waals surface area contributed by atoms with E-state index in [1.165, 1.54) is 0 Å². The highest BCUT2D eigenvalue weighted by atomic mass is 35.5. The lowest BCUT2D eigenvalue weighted by Crippen LogP contribution is -2.49. The Morgan fingerprint density at radius 3 is 2.65 bits per heavy atom. The number of hydrogen-bond donors (Lipinski definition) is 2. The second kappa shape index (κ2) is 9.33. The van der Waals surface area contributed by atoms with Crippen LogP contribution in [0.3, 0.4) is 0 Å². The van der Waals surface area contributed by atoms with Crippen LogP contribution >= 0.6 is 24.0 Å². The molecule has 1 aromatic carbocycles. The van der Waals surface area contributed by atoms with Crippen LogP contribution in [0.25, 0.3) is 0 Å². The Bertz CT molecular complexity index is 515. The molecule has 0 aromatic heterocycles. The van der Waals surface area contributed by atoms with Crippen LogP contribution in [0.15, 0.2) is 18.2 Å². The van der Waals surface area contributed by atoms with E-state index in [1.54, 1.807) is 26.4 Å². The number of methoxy groups -OCH3 is 2. The highest BCUT2D eigenvalue weighted by Crippen LogP contribution is 2.30. The van der Waals surface area contributed by atoms with Gasteiger partial charge in [-0.3, -0.25) is 4.79 Å². The minimum absolute atomic E-state index is 0. The molecule has 1 fully saturated rings. The van der Waals surface area contributed by atoms with Crippen molar-refractivity contribution in [3.8, 4) is 5.75 Å². The first kappa shape index (κ1) is 20.0. The molecule has 23 heavy (non-hydrogen) atoms. The van der Waals surface area contributed by atoms with Gasteiger partial charge in [-0.05, 0) is 38.1 Å². The number of benzene rings is 1. The molecule has 1 aliphatic rings. The average molecular weight is 363 g/mol. The molecule has 130 valence electrons. The van der Waals surface area contributed by atoms with E-state index in [1.807, 2.05) is 6.07 Å². The fourth-order valence-electron chi connectivity index (χ4n) is 2.85. The summed E-state index contributed by atoms with van der Waals surface area (Å²) < 4.78 is 10.6. The van der Waals surface area contributed by atoms with Gasteiger partial charge in [-0.15, -0.1) is 12.4 Å². The Balaban J connectivity index is 0.00000264. The number of nitrogens with one attached hydrogen (secondary N) is 2. The van der Waals surface area contributed by atoms with Gasteiger partial charge in [0.25, 0.3) is 0 Å². The lowest BCUT2D eigenvalue weighted by Gasteiger charge is -2.35. The second-order valence-corrected chi connectivity index (χ2v) is 6.04. The van der Waals surface area contributed by atoms with Gasteiger partial charge in [0, 0.05) is 24.2 Å². The van der Waals surface area contributed by atoms with Crippen LogP contribution in [0.1, 0.15) is 18.4 Å². The third-order valence-electron chi connectivity index (χ3n) is 4.15. The molecule has 0 spiro atoms. The Hall–Kier alpha value is -1.01. The van der Waals surface area contributed by atoms with E-state index < -0.39 is 5.41 Å². The molecule has 0 saturated carbocycles. The number of piperidine rings is 1. The van der Waals surface area contributed by atoms with E-state index in [-0.39, 0.29) is 18.3 Å². The summed E-state index contributed by atoms with van der Waals surface area (Å²) in [5.74, 6) is 0.715. The number of halogens is 2. The molecule has 5 nitrogen and oxygen atoms in total. The topological polar surface area (TPSA) is 59.6 Å². The first-order chi connectivity index (χ1) is 10.6. The van der Waals surface area contributed by atoms with Crippen molar-refractivity contribution in [3.05, 3.63) is 28.8 Å². The van der Waals surface area contributed by atoms with Gasteiger partial charge >= 0.3 is 0 Å². The predicted molar refractivity (Wildman–Crippen MR) is 93.5 cm³/mol. The summed E-state index contributed by atoms with van der Waals surface area (Å²) in [6.45, 7) is 2.53. The largest absolute Gasteiger partial charge is 0.496 e. The molecule has 1 saturated heterocycles. The Morgan fingerprint density at radius 1 is 1.35 bits per heavy atom. The van der Waals surface area contributed by atoms with E-state index in [4.69, 9.17) is 21.1 Å². The summed E-state index contributed by atoms with van der Waals surface area (Å²) in [5, 5.41) is 6.91. The monoisotopic (exact) mass is 362 g/mol. The van der Waals surface area contributed by atoms with Crippen LogP contribution in [-0.4, -0.2) is 39.8 Å². The highest BCUT2D eigenvalue weighted by Gasteiger charge is 2.39. The molecule has 2 N–H and O–H groups in total. The fourth-order valence-corrected chi connectivity index (χ4v) is 3.01. The molecule has 0 aliphatic carbocycles. The van der Waals surface area contributed by atoms with Gasteiger partial charge in [0.1, 0.15) is 5.75 Å². The summed E-state index contributed by atoms with van der Waals surface area (Å²) in [7, 11) is 3.23. The van der Waals surface area contributed by atoms with Gasteiger partial charge in [0.05, 0.1) is 19.1 Å². The number of rotatable bonds is 6. The maximum absolute atomic E-state index is 12.7. The van der Waals surface area contributed by atoms with Crippen LogP contribution in [-0.2, 0) is 16.1 Å². The van der Waals surface area contributed by atoms with Crippen LogP contribution in [0, 0.1) is 5.41 Å². The molecule has 1 heterocycles.